The zero-order valence-electron chi connectivity index (χ0n) is 8.21. The Labute approximate surface area is 90.9 Å². The van der Waals surface area contributed by atoms with Crippen molar-refractivity contribution >= 4 is 11.8 Å². The van der Waals surface area contributed by atoms with E-state index < -0.39 is 5.51 Å². The first-order valence-electron chi connectivity index (χ1n) is 4.47. The van der Waals surface area contributed by atoms with Gasteiger partial charge in [0, 0.05) is 10.9 Å². The molecular weight excluding hydrogens is 223 g/mol. The highest BCUT2D eigenvalue weighted by Gasteiger charge is 2.29. The average molecular weight is 235 g/mol. The smallest absolute Gasteiger partial charge is 0.328 e. The Morgan fingerprint density at radius 1 is 1.40 bits per heavy atom. The summed E-state index contributed by atoms with van der Waals surface area (Å²) in [7, 11) is 0. The molecule has 0 saturated carbocycles. The molecule has 0 fully saturated rings. The van der Waals surface area contributed by atoms with Gasteiger partial charge in [0.2, 0.25) is 0 Å². The lowest BCUT2D eigenvalue weighted by Gasteiger charge is -2.08. The van der Waals surface area contributed by atoms with Gasteiger partial charge < -0.3 is 5.73 Å². The number of halogens is 3. The van der Waals surface area contributed by atoms with Gasteiger partial charge in [0.1, 0.15) is 0 Å². The molecule has 0 amide bonds. The summed E-state index contributed by atoms with van der Waals surface area (Å²) >= 11 is -0.0988. The Bertz CT molecular complexity index is 323. The van der Waals surface area contributed by atoms with Crippen LogP contribution < -0.4 is 5.73 Å². The second-order valence-corrected chi connectivity index (χ2v) is 4.52. The molecule has 1 rings (SSSR count). The molecule has 0 bridgehead atoms. The summed E-state index contributed by atoms with van der Waals surface area (Å²) in [5, 5.41) is 0. The van der Waals surface area contributed by atoms with E-state index in [0.29, 0.717) is 6.42 Å². The third-order valence-corrected chi connectivity index (χ3v) is 2.41. The second kappa shape index (κ2) is 4.90. The highest BCUT2D eigenvalue weighted by molar-refractivity contribution is 8.00. The molecule has 0 aliphatic heterocycles. The number of thioether (sulfide) groups is 1. The van der Waals surface area contributed by atoms with Gasteiger partial charge in [-0.05, 0) is 42.8 Å². The molecule has 0 aromatic heterocycles. The summed E-state index contributed by atoms with van der Waals surface area (Å²) < 4.78 is 36.2. The summed E-state index contributed by atoms with van der Waals surface area (Å²) in [6.45, 7) is 1.82. The SMILES string of the molecule is CC(N)Cc1cccc(SC(F)(F)F)c1. The van der Waals surface area contributed by atoms with E-state index in [2.05, 4.69) is 0 Å². The zero-order valence-corrected chi connectivity index (χ0v) is 9.03. The minimum atomic E-state index is -4.23. The van der Waals surface area contributed by atoms with E-state index in [9.17, 15) is 13.2 Å². The molecule has 0 aliphatic carbocycles. The van der Waals surface area contributed by atoms with Crippen molar-refractivity contribution in [2.45, 2.75) is 29.8 Å². The van der Waals surface area contributed by atoms with Crippen LogP contribution in [0.2, 0.25) is 0 Å². The normalized spacial score (nSPS) is 13.9. The molecule has 1 aromatic carbocycles. The molecule has 0 aliphatic rings. The van der Waals surface area contributed by atoms with Crippen LogP contribution in [0.1, 0.15) is 12.5 Å². The number of benzene rings is 1. The summed E-state index contributed by atoms with van der Waals surface area (Å²) in [5.74, 6) is 0. The predicted octanol–water partition coefficient (Wildman–Crippen LogP) is 3.19. The summed E-state index contributed by atoms with van der Waals surface area (Å²) in [4.78, 5) is 0.209. The highest BCUT2D eigenvalue weighted by atomic mass is 32.2. The Kier molecular flexibility index (Phi) is 4.04. The van der Waals surface area contributed by atoms with Crippen LogP contribution in [0.4, 0.5) is 13.2 Å². The van der Waals surface area contributed by atoms with Crippen molar-refractivity contribution in [3.05, 3.63) is 29.8 Å². The van der Waals surface area contributed by atoms with Crippen molar-refractivity contribution in [2.75, 3.05) is 0 Å². The van der Waals surface area contributed by atoms with E-state index >= 15 is 0 Å². The molecule has 5 heteroatoms. The van der Waals surface area contributed by atoms with Crippen LogP contribution in [0.15, 0.2) is 29.2 Å². The lowest BCUT2D eigenvalue weighted by atomic mass is 10.1. The zero-order chi connectivity index (χ0) is 11.5. The van der Waals surface area contributed by atoms with Crippen molar-refractivity contribution in [3.63, 3.8) is 0 Å². The van der Waals surface area contributed by atoms with Crippen molar-refractivity contribution in [2.24, 2.45) is 5.73 Å². The van der Waals surface area contributed by atoms with Gasteiger partial charge in [-0.1, -0.05) is 12.1 Å². The number of hydrogen-bond acceptors (Lipinski definition) is 2. The Balaban J connectivity index is 2.74. The van der Waals surface area contributed by atoms with Crippen LogP contribution in [-0.4, -0.2) is 11.6 Å². The monoisotopic (exact) mass is 235 g/mol. The van der Waals surface area contributed by atoms with Crippen LogP contribution in [-0.2, 0) is 6.42 Å². The van der Waals surface area contributed by atoms with E-state index in [1.54, 1.807) is 12.1 Å². The average Bonchev–Trinajstić information content (AvgIpc) is 1.99. The molecule has 0 heterocycles. The minimum Gasteiger partial charge on any atom is -0.328 e. The fourth-order valence-corrected chi connectivity index (χ4v) is 1.87. The molecule has 2 N–H and O–H groups in total. The van der Waals surface area contributed by atoms with Crippen molar-refractivity contribution in [1.29, 1.82) is 0 Å². The largest absolute Gasteiger partial charge is 0.446 e. The van der Waals surface area contributed by atoms with Crippen molar-refractivity contribution < 1.29 is 13.2 Å². The number of nitrogens with two attached hydrogens (primary N) is 1. The topological polar surface area (TPSA) is 26.0 Å². The third-order valence-electron chi connectivity index (χ3n) is 1.69. The number of rotatable bonds is 3. The van der Waals surface area contributed by atoms with Crippen LogP contribution in [0.5, 0.6) is 0 Å². The maximum absolute atomic E-state index is 12.1. The van der Waals surface area contributed by atoms with Gasteiger partial charge in [0.15, 0.2) is 0 Å². The Morgan fingerprint density at radius 3 is 2.60 bits per heavy atom. The molecule has 15 heavy (non-hydrogen) atoms. The quantitative estimate of drug-likeness (QED) is 0.814. The molecule has 84 valence electrons. The predicted molar refractivity (Wildman–Crippen MR) is 55.7 cm³/mol. The van der Waals surface area contributed by atoms with Crippen molar-refractivity contribution in [3.8, 4) is 0 Å². The second-order valence-electron chi connectivity index (χ2n) is 3.38. The van der Waals surface area contributed by atoms with Crippen LogP contribution in [0, 0.1) is 0 Å². The standard InChI is InChI=1S/C10H12F3NS/c1-7(14)5-8-3-2-4-9(6-8)15-10(11,12)13/h2-4,6-7H,5,14H2,1H3. The number of hydrogen-bond donors (Lipinski definition) is 1. The molecule has 0 saturated heterocycles. The summed E-state index contributed by atoms with van der Waals surface area (Å²) in [5.41, 5.74) is 2.18. The minimum absolute atomic E-state index is 0.0452. The van der Waals surface area contributed by atoms with Crippen LogP contribution in [0.25, 0.3) is 0 Å². The molecule has 0 radical (unpaired) electrons. The van der Waals surface area contributed by atoms with Gasteiger partial charge in [-0.2, -0.15) is 13.2 Å². The maximum atomic E-state index is 12.1. The van der Waals surface area contributed by atoms with Gasteiger partial charge >= 0.3 is 5.51 Å². The molecular formula is C10H12F3NS. The number of alkyl halides is 3. The Hall–Kier alpha value is -0.680. The fourth-order valence-electron chi connectivity index (χ4n) is 1.24. The maximum Gasteiger partial charge on any atom is 0.446 e. The molecule has 1 atom stereocenters. The Morgan fingerprint density at radius 2 is 2.07 bits per heavy atom. The van der Waals surface area contributed by atoms with Gasteiger partial charge in [-0.25, -0.2) is 0 Å². The molecule has 1 nitrogen and oxygen atoms in total. The van der Waals surface area contributed by atoms with Crippen LogP contribution in [0.3, 0.4) is 0 Å². The van der Waals surface area contributed by atoms with E-state index in [0.717, 1.165) is 5.56 Å². The first-order valence-corrected chi connectivity index (χ1v) is 5.29. The van der Waals surface area contributed by atoms with Gasteiger partial charge in [0.25, 0.3) is 0 Å². The van der Waals surface area contributed by atoms with E-state index in [1.165, 1.54) is 12.1 Å². The first-order chi connectivity index (χ1) is 6.87. The summed E-state index contributed by atoms with van der Waals surface area (Å²) in [6, 6.07) is 6.33. The lowest BCUT2D eigenvalue weighted by molar-refractivity contribution is -0.0328. The highest BCUT2D eigenvalue weighted by Crippen LogP contribution is 2.36. The molecule has 0 spiro atoms. The first kappa shape index (κ1) is 12.4. The van der Waals surface area contributed by atoms with E-state index in [1.807, 2.05) is 6.92 Å². The van der Waals surface area contributed by atoms with Gasteiger partial charge in [-0.15, -0.1) is 0 Å². The third kappa shape index (κ3) is 5.09. The molecule has 1 aromatic rings. The van der Waals surface area contributed by atoms with Crippen LogP contribution >= 0.6 is 11.8 Å². The van der Waals surface area contributed by atoms with E-state index in [4.69, 9.17) is 5.73 Å². The fraction of sp³-hybridized carbons (Fsp3) is 0.400. The molecule has 1 unspecified atom stereocenters. The summed E-state index contributed by atoms with van der Waals surface area (Å²) in [6.07, 6.45) is 0.590. The van der Waals surface area contributed by atoms with Gasteiger partial charge in [-0.3, -0.25) is 0 Å². The lowest BCUT2D eigenvalue weighted by Crippen LogP contribution is -2.17. The van der Waals surface area contributed by atoms with Crippen molar-refractivity contribution in [1.82, 2.24) is 0 Å². The van der Waals surface area contributed by atoms with Gasteiger partial charge in [0.05, 0.1) is 0 Å². The van der Waals surface area contributed by atoms with E-state index in [-0.39, 0.29) is 22.7 Å².